The van der Waals surface area contributed by atoms with E-state index in [1.54, 1.807) is 0 Å². The van der Waals surface area contributed by atoms with E-state index in [0.717, 1.165) is 27.9 Å². The topological polar surface area (TPSA) is 12.4 Å². The van der Waals surface area contributed by atoms with E-state index in [-0.39, 0.29) is 5.82 Å². The fourth-order valence-electron chi connectivity index (χ4n) is 1.37. The summed E-state index contributed by atoms with van der Waals surface area (Å²) in [5, 5.41) is 0. The lowest BCUT2D eigenvalue weighted by Crippen LogP contribution is -1.90. The lowest BCUT2D eigenvalue weighted by Gasteiger charge is -1.99. The van der Waals surface area contributed by atoms with Gasteiger partial charge in [-0.15, -0.1) is 0 Å². The number of aliphatic imine (C=N–C) groups is 1. The van der Waals surface area contributed by atoms with Crippen molar-refractivity contribution in [3.05, 3.63) is 28.0 Å². The van der Waals surface area contributed by atoms with Crippen LogP contribution in [0.3, 0.4) is 0 Å². The minimum atomic E-state index is -0.237. The number of nitrogens with zero attached hydrogens (tertiary/aromatic N) is 1. The predicted molar refractivity (Wildman–Crippen MR) is 50.6 cm³/mol. The first-order chi connectivity index (χ1) is 5.66. The summed E-state index contributed by atoms with van der Waals surface area (Å²) in [5.74, 6) is -0.237. The van der Waals surface area contributed by atoms with E-state index < -0.39 is 0 Å². The SMILES string of the molecule is CC1=Nc2cc(F)cc(Br)c2C1. The van der Waals surface area contributed by atoms with Crippen molar-refractivity contribution in [3.63, 3.8) is 0 Å². The van der Waals surface area contributed by atoms with Gasteiger partial charge in [0, 0.05) is 16.6 Å². The van der Waals surface area contributed by atoms with Crippen LogP contribution in [0.4, 0.5) is 10.1 Å². The van der Waals surface area contributed by atoms with E-state index in [0.29, 0.717) is 0 Å². The molecule has 0 saturated carbocycles. The van der Waals surface area contributed by atoms with E-state index in [4.69, 9.17) is 0 Å². The van der Waals surface area contributed by atoms with Crippen molar-refractivity contribution in [1.82, 2.24) is 0 Å². The Labute approximate surface area is 78.4 Å². The molecule has 1 nitrogen and oxygen atoms in total. The van der Waals surface area contributed by atoms with E-state index in [1.165, 1.54) is 12.1 Å². The number of hydrogen-bond acceptors (Lipinski definition) is 1. The maximum absolute atomic E-state index is 12.9. The molecular weight excluding hydrogens is 221 g/mol. The Bertz CT molecular complexity index is 371. The second kappa shape index (κ2) is 2.66. The highest BCUT2D eigenvalue weighted by molar-refractivity contribution is 9.10. The molecule has 0 aromatic heterocycles. The van der Waals surface area contributed by atoms with Crippen LogP contribution in [0.25, 0.3) is 0 Å². The Hall–Kier alpha value is -0.700. The zero-order valence-corrected chi connectivity index (χ0v) is 8.15. The molecule has 1 aliphatic heterocycles. The summed E-state index contributed by atoms with van der Waals surface area (Å²) >= 11 is 3.31. The molecule has 0 fully saturated rings. The Morgan fingerprint density at radius 3 is 3.00 bits per heavy atom. The number of rotatable bonds is 0. The Balaban J connectivity index is 2.61. The van der Waals surface area contributed by atoms with Gasteiger partial charge in [0.05, 0.1) is 5.69 Å². The fourth-order valence-corrected chi connectivity index (χ4v) is 1.93. The third kappa shape index (κ3) is 1.18. The van der Waals surface area contributed by atoms with Gasteiger partial charge in [0.25, 0.3) is 0 Å². The average Bonchev–Trinajstić information content (AvgIpc) is 2.29. The van der Waals surface area contributed by atoms with E-state index >= 15 is 0 Å². The highest BCUT2D eigenvalue weighted by Gasteiger charge is 2.15. The van der Waals surface area contributed by atoms with E-state index in [1.807, 2.05) is 6.92 Å². The second-order valence-corrected chi connectivity index (χ2v) is 3.76. The van der Waals surface area contributed by atoms with Crippen molar-refractivity contribution in [1.29, 1.82) is 0 Å². The average molecular weight is 228 g/mol. The zero-order valence-electron chi connectivity index (χ0n) is 6.56. The normalized spacial score (nSPS) is 14.4. The number of benzene rings is 1. The standard InChI is InChI=1S/C9H7BrFN/c1-5-2-7-8(10)3-6(11)4-9(7)12-5/h3-4H,2H2,1H3. The molecule has 0 spiro atoms. The first kappa shape index (κ1) is 7.92. The first-order valence-corrected chi connectivity index (χ1v) is 4.48. The summed E-state index contributed by atoms with van der Waals surface area (Å²) in [6.07, 6.45) is 0.830. The van der Waals surface area contributed by atoms with Crippen molar-refractivity contribution >= 4 is 27.3 Å². The van der Waals surface area contributed by atoms with Crippen molar-refractivity contribution < 1.29 is 4.39 Å². The molecule has 1 aromatic carbocycles. The van der Waals surface area contributed by atoms with E-state index in [2.05, 4.69) is 20.9 Å². The van der Waals surface area contributed by atoms with Gasteiger partial charge in [-0.2, -0.15) is 0 Å². The third-order valence-corrected chi connectivity index (χ3v) is 2.59. The fraction of sp³-hybridized carbons (Fsp3) is 0.222. The maximum Gasteiger partial charge on any atom is 0.126 e. The third-order valence-electron chi connectivity index (χ3n) is 1.88. The monoisotopic (exact) mass is 227 g/mol. The smallest absolute Gasteiger partial charge is 0.126 e. The number of halogens is 2. The van der Waals surface area contributed by atoms with Crippen LogP contribution >= 0.6 is 15.9 Å². The summed E-state index contributed by atoms with van der Waals surface area (Å²) in [5.41, 5.74) is 2.89. The molecule has 12 heavy (non-hydrogen) atoms. The zero-order chi connectivity index (χ0) is 8.72. The van der Waals surface area contributed by atoms with Gasteiger partial charge in [0.1, 0.15) is 5.82 Å². The van der Waals surface area contributed by atoms with Gasteiger partial charge in [-0.25, -0.2) is 4.39 Å². The summed E-state index contributed by atoms with van der Waals surface area (Å²) in [6.45, 7) is 1.95. The van der Waals surface area contributed by atoms with Crippen molar-refractivity contribution in [3.8, 4) is 0 Å². The van der Waals surface area contributed by atoms with Crippen LogP contribution < -0.4 is 0 Å². The molecule has 62 valence electrons. The maximum atomic E-state index is 12.9. The summed E-state index contributed by atoms with van der Waals surface area (Å²) in [7, 11) is 0. The largest absolute Gasteiger partial charge is 0.257 e. The molecule has 0 aliphatic carbocycles. The van der Waals surface area contributed by atoms with Gasteiger partial charge >= 0.3 is 0 Å². The molecule has 0 amide bonds. The van der Waals surface area contributed by atoms with Crippen LogP contribution in [0.5, 0.6) is 0 Å². The van der Waals surface area contributed by atoms with Crippen LogP contribution in [0.15, 0.2) is 21.6 Å². The molecular formula is C9H7BrFN. The summed E-state index contributed by atoms with van der Waals surface area (Å²) in [6, 6.07) is 2.95. The minimum absolute atomic E-state index is 0.237. The van der Waals surface area contributed by atoms with Crippen LogP contribution in [0, 0.1) is 5.82 Å². The Morgan fingerprint density at radius 2 is 2.25 bits per heavy atom. The minimum Gasteiger partial charge on any atom is -0.257 e. The van der Waals surface area contributed by atoms with Crippen LogP contribution in [0.2, 0.25) is 0 Å². The van der Waals surface area contributed by atoms with Crippen molar-refractivity contribution in [2.45, 2.75) is 13.3 Å². The molecule has 0 N–H and O–H groups in total. The van der Waals surface area contributed by atoms with Crippen molar-refractivity contribution in [2.24, 2.45) is 4.99 Å². The molecule has 0 saturated heterocycles. The van der Waals surface area contributed by atoms with Gasteiger partial charge < -0.3 is 0 Å². The van der Waals surface area contributed by atoms with Crippen LogP contribution in [0.1, 0.15) is 12.5 Å². The second-order valence-electron chi connectivity index (χ2n) is 2.91. The lowest BCUT2D eigenvalue weighted by atomic mass is 10.1. The van der Waals surface area contributed by atoms with Crippen LogP contribution in [-0.4, -0.2) is 5.71 Å². The lowest BCUT2D eigenvalue weighted by molar-refractivity contribution is 0.627. The summed E-state index contributed by atoms with van der Waals surface area (Å²) in [4.78, 5) is 4.22. The highest BCUT2D eigenvalue weighted by Crippen LogP contribution is 2.33. The predicted octanol–water partition coefficient (Wildman–Crippen LogP) is 3.24. The Kier molecular flexibility index (Phi) is 1.76. The van der Waals surface area contributed by atoms with Gasteiger partial charge in [-0.1, -0.05) is 15.9 Å². The quantitative estimate of drug-likeness (QED) is 0.646. The molecule has 1 aliphatic rings. The molecule has 2 rings (SSSR count). The first-order valence-electron chi connectivity index (χ1n) is 3.69. The van der Waals surface area contributed by atoms with Crippen molar-refractivity contribution in [2.75, 3.05) is 0 Å². The van der Waals surface area contributed by atoms with Gasteiger partial charge in [-0.05, 0) is 24.6 Å². The molecule has 1 heterocycles. The highest BCUT2D eigenvalue weighted by atomic mass is 79.9. The molecule has 0 atom stereocenters. The molecule has 0 bridgehead atoms. The Morgan fingerprint density at radius 1 is 1.50 bits per heavy atom. The number of hydrogen-bond donors (Lipinski definition) is 0. The van der Waals surface area contributed by atoms with Gasteiger partial charge in [0.2, 0.25) is 0 Å². The van der Waals surface area contributed by atoms with Gasteiger partial charge in [-0.3, -0.25) is 4.99 Å². The molecule has 0 unspecified atom stereocenters. The van der Waals surface area contributed by atoms with Gasteiger partial charge in [0.15, 0.2) is 0 Å². The molecule has 1 aromatic rings. The molecule has 3 heteroatoms. The molecule has 0 radical (unpaired) electrons. The number of fused-ring (bicyclic) bond motifs is 1. The van der Waals surface area contributed by atoms with Crippen LogP contribution in [-0.2, 0) is 6.42 Å². The van der Waals surface area contributed by atoms with E-state index in [9.17, 15) is 4.39 Å². The summed E-state index contributed by atoms with van der Waals surface area (Å²) < 4.78 is 13.7.